The molecule has 0 spiro atoms. The van der Waals surface area contributed by atoms with Crippen LogP contribution in [0.15, 0.2) is 22.3 Å². The predicted molar refractivity (Wildman–Crippen MR) is 271 cm³/mol. The molecule has 0 aromatic heterocycles. The Labute approximate surface area is 425 Å². The number of hydrogen-bond acceptors (Lipinski definition) is 11. The van der Waals surface area contributed by atoms with Crippen LogP contribution in [0.4, 0.5) is 0 Å². The van der Waals surface area contributed by atoms with Gasteiger partial charge < -0.3 is 30.3 Å². The highest BCUT2D eigenvalue weighted by molar-refractivity contribution is 6.11. The average Bonchev–Trinajstić information content (AvgIpc) is 3.68. The van der Waals surface area contributed by atoms with Crippen LogP contribution in [0, 0.1) is 84.7 Å². The third kappa shape index (κ3) is 7.80. The van der Waals surface area contributed by atoms with Crippen LogP contribution in [-0.4, -0.2) is 91.3 Å². The van der Waals surface area contributed by atoms with Crippen molar-refractivity contribution in [2.24, 2.45) is 84.7 Å². The fourth-order valence-corrected chi connectivity index (χ4v) is 19.0. The van der Waals surface area contributed by atoms with Crippen LogP contribution >= 0.6 is 0 Å². The van der Waals surface area contributed by atoms with E-state index in [1.54, 1.807) is 6.92 Å². The summed E-state index contributed by atoms with van der Waals surface area (Å²) in [6.07, 6.45) is 5.54. The van der Waals surface area contributed by atoms with Crippen LogP contribution in [0.5, 0.6) is 0 Å². The highest BCUT2D eigenvalue weighted by Crippen LogP contribution is 2.74. The van der Waals surface area contributed by atoms with E-state index in [4.69, 9.17) is 4.74 Å². The van der Waals surface area contributed by atoms with Crippen molar-refractivity contribution in [3.63, 3.8) is 0 Å². The quantitative estimate of drug-likeness (QED) is 0.0871. The average molecular weight is 989 g/mol. The van der Waals surface area contributed by atoms with Gasteiger partial charge >= 0.3 is 5.97 Å². The first-order valence-corrected chi connectivity index (χ1v) is 27.8. The molecule has 4 fully saturated rings. The van der Waals surface area contributed by atoms with Crippen molar-refractivity contribution >= 4 is 29.1 Å². The molecule has 8 aliphatic rings. The number of aliphatic hydroxyl groups is 5. The monoisotopic (exact) mass is 989 g/mol. The van der Waals surface area contributed by atoms with Crippen molar-refractivity contribution in [2.45, 2.75) is 230 Å². The van der Waals surface area contributed by atoms with Crippen LogP contribution in [-0.2, 0) is 28.7 Å². The summed E-state index contributed by atoms with van der Waals surface area (Å²) in [5.74, 6) is -1.63. The van der Waals surface area contributed by atoms with Crippen LogP contribution in [0.25, 0.3) is 0 Å². The Hall–Kier alpha value is -2.57. The first-order valence-electron chi connectivity index (χ1n) is 27.8. The van der Waals surface area contributed by atoms with Crippen molar-refractivity contribution in [2.75, 3.05) is 6.61 Å². The van der Waals surface area contributed by atoms with Gasteiger partial charge in [-0.05, 0) is 146 Å². The highest BCUT2D eigenvalue weighted by atomic mass is 16.6. The van der Waals surface area contributed by atoms with Gasteiger partial charge in [0.1, 0.15) is 23.3 Å². The zero-order chi connectivity index (χ0) is 52.8. The molecule has 8 rings (SSSR count). The van der Waals surface area contributed by atoms with E-state index in [1.807, 2.05) is 34.6 Å². The number of ketones is 4. The zero-order valence-electron chi connectivity index (χ0n) is 46.1. The Morgan fingerprint density at radius 1 is 0.718 bits per heavy atom. The first-order chi connectivity index (χ1) is 32.6. The molecule has 11 nitrogen and oxygen atoms in total. The number of hydrogen-bond donors (Lipinski definition) is 5. The summed E-state index contributed by atoms with van der Waals surface area (Å²) in [5.41, 5.74) is -1.95. The number of carbonyl (C=O) groups excluding carboxylic acids is 5. The number of aliphatic hydroxyl groups excluding tert-OH is 4. The van der Waals surface area contributed by atoms with Crippen LogP contribution in [0.1, 0.15) is 200 Å². The van der Waals surface area contributed by atoms with E-state index in [0.717, 1.165) is 32.1 Å². The molecule has 0 heterocycles. The van der Waals surface area contributed by atoms with Crippen LogP contribution in [0.3, 0.4) is 0 Å². The minimum Gasteiger partial charge on any atom is -0.459 e. The SMILES string of the molecule is C[C@H](CC[C@H](OC(=O)[C@@H](C)CC(=O)C[C@@H](C)[C@H]1C[C@@H](O)[C@@]2(C)C3=C(C(=O)C[C@]12C)[C@@]1(C)CC[C@@H](O)C(C)(C)[C@@H]1CC3=O)[C@](C)(O)CO)[C@H]1CC[C@@]2(C)C3=C(CC[C@]12C)[C@@]1(C)CCC(=O)C(C)(C)[C@@H]1C[C@H]3O. The predicted octanol–water partition coefficient (Wildman–Crippen LogP) is 9.41. The van der Waals surface area contributed by atoms with Gasteiger partial charge in [-0.15, -0.1) is 0 Å². The number of fused-ring (bicyclic) bond motifs is 8. The van der Waals surface area contributed by atoms with E-state index in [-0.39, 0.29) is 88.9 Å². The molecule has 4 saturated carbocycles. The Morgan fingerprint density at radius 3 is 2.03 bits per heavy atom. The molecular formula is C60H92O11. The van der Waals surface area contributed by atoms with E-state index >= 15 is 0 Å². The van der Waals surface area contributed by atoms with Gasteiger partial charge in [0.15, 0.2) is 11.6 Å². The van der Waals surface area contributed by atoms with Gasteiger partial charge in [0.2, 0.25) is 0 Å². The topological polar surface area (TPSA) is 196 Å². The Kier molecular flexibility index (Phi) is 13.7. The Balaban J connectivity index is 0.916. The minimum atomic E-state index is -1.72. The highest BCUT2D eigenvalue weighted by Gasteiger charge is 2.71. The second-order valence-electron chi connectivity index (χ2n) is 28.3. The Morgan fingerprint density at radius 2 is 1.38 bits per heavy atom. The molecule has 71 heavy (non-hydrogen) atoms. The maximum Gasteiger partial charge on any atom is 0.309 e. The van der Waals surface area contributed by atoms with Gasteiger partial charge in [0.25, 0.3) is 0 Å². The molecule has 8 aliphatic carbocycles. The molecule has 0 unspecified atom stereocenters. The summed E-state index contributed by atoms with van der Waals surface area (Å²) in [6, 6.07) is 0. The lowest BCUT2D eigenvalue weighted by atomic mass is 9.42. The third-order valence-electron chi connectivity index (χ3n) is 24.0. The smallest absolute Gasteiger partial charge is 0.309 e. The van der Waals surface area contributed by atoms with Gasteiger partial charge in [-0.1, -0.05) is 95.6 Å². The molecule has 0 bridgehead atoms. The molecule has 0 radical (unpaired) electrons. The van der Waals surface area contributed by atoms with Gasteiger partial charge in [-0.3, -0.25) is 24.0 Å². The summed E-state index contributed by atoms with van der Waals surface area (Å²) in [4.78, 5) is 69.9. The van der Waals surface area contributed by atoms with Crippen molar-refractivity contribution in [1.29, 1.82) is 0 Å². The van der Waals surface area contributed by atoms with Gasteiger partial charge in [-0.2, -0.15) is 0 Å². The Bertz CT molecular complexity index is 2290. The number of Topliss-reactive ketones (excluding diaryl/α,β-unsaturated/α-hetero) is 4. The van der Waals surface area contributed by atoms with Crippen molar-refractivity contribution < 1.29 is 54.2 Å². The summed E-state index contributed by atoms with van der Waals surface area (Å²) < 4.78 is 6.07. The maximum atomic E-state index is 14.6. The zero-order valence-corrected chi connectivity index (χ0v) is 46.1. The largest absolute Gasteiger partial charge is 0.459 e. The van der Waals surface area contributed by atoms with Crippen LogP contribution in [0.2, 0.25) is 0 Å². The maximum absolute atomic E-state index is 14.6. The number of allylic oxidation sites excluding steroid dienone is 2. The molecule has 0 amide bonds. The first kappa shape index (κ1) is 54.7. The molecule has 398 valence electrons. The van der Waals surface area contributed by atoms with E-state index in [9.17, 15) is 49.5 Å². The lowest BCUT2D eigenvalue weighted by Gasteiger charge is -2.61. The lowest BCUT2D eigenvalue weighted by Crippen LogP contribution is -2.60. The molecule has 0 aromatic rings. The summed E-state index contributed by atoms with van der Waals surface area (Å²) in [5, 5.41) is 56.9. The lowest BCUT2D eigenvalue weighted by molar-refractivity contribution is -0.174. The normalized spacial score (nSPS) is 44.0. The fraction of sp³-hybridized carbons (Fsp3) is 0.850. The minimum absolute atomic E-state index is 0.0683. The summed E-state index contributed by atoms with van der Waals surface area (Å²) in [6.45, 7) is 28.0. The van der Waals surface area contributed by atoms with Crippen molar-refractivity contribution in [3.8, 4) is 0 Å². The molecule has 5 N–H and O–H groups in total. The standard InChI is InChI=1S/C60H92O11/c1-32(36-17-24-57(11)48-37(18-23-56(36,57)10)54(8)21-19-44(66)52(4,5)42(54)28-39(48)63)15-16-47(59(13,70)31-61)71-51(69)34(3)26-35(62)25-33(2)38-27-46(68)60(14)50-40(64)29-43-53(6,7)45(67)20-22-55(43,9)49(50)41(65)30-58(38,60)12/h32-34,36,38-39,42-43,45-47,61,63,67-68,70H,15-31H2,1-14H3/t32-,33-,34+,36-,38-,39-,42+,43+,45-,46-,47+,54-,55+,56-,57+,58-,59-,60+/m1/s1. The third-order valence-corrected chi connectivity index (χ3v) is 24.0. The van der Waals surface area contributed by atoms with Gasteiger partial charge in [0, 0.05) is 59.5 Å². The molecular weight excluding hydrogens is 897 g/mol. The van der Waals surface area contributed by atoms with Crippen molar-refractivity contribution in [1.82, 2.24) is 0 Å². The summed E-state index contributed by atoms with van der Waals surface area (Å²) >= 11 is 0. The number of carbonyl (C=O) groups is 5. The number of esters is 1. The number of rotatable bonds is 13. The van der Waals surface area contributed by atoms with Crippen LogP contribution < -0.4 is 0 Å². The molecule has 0 aliphatic heterocycles. The fourth-order valence-electron chi connectivity index (χ4n) is 19.0. The van der Waals surface area contributed by atoms with E-state index in [1.165, 1.54) is 18.1 Å². The molecule has 18 atom stereocenters. The second-order valence-corrected chi connectivity index (χ2v) is 28.3. The van der Waals surface area contributed by atoms with E-state index in [2.05, 4.69) is 48.5 Å². The number of ether oxygens (including phenoxy) is 1. The second kappa shape index (κ2) is 17.8. The van der Waals surface area contributed by atoms with Gasteiger partial charge in [-0.25, -0.2) is 0 Å². The van der Waals surface area contributed by atoms with E-state index in [0.29, 0.717) is 67.8 Å². The van der Waals surface area contributed by atoms with E-state index < -0.39 is 75.6 Å². The van der Waals surface area contributed by atoms with Gasteiger partial charge in [0.05, 0.1) is 30.8 Å². The van der Waals surface area contributed by atoms with Crippen molar-refractivity contribution in [3.05, 3.63) is 22.3 Å². The molecule has 11 heteroatoms. The molecule has 0 aromatic carbocycles. The summed E-state index contributed by atoms with van der Waals surface area (Å²) in [7, 11) is 0. The molecule has 0 saturated heterocycles.